The third-order valence-electron chi connectivity index (χ3n) is 4.55. The molecule has 0 amide bonds. The number of hydrogen-bond acceptors (Lipinski definition) is 5. The first-order chi connectivity index (χ1) is 12.4. The summed E-state index contributed by atoms with van der Waals surface area (Å²) in [6.45, 7) is 6.00. The highest BCUT2D eigenvalue weighted by atomic mass is 19.1. The average molecular weight is 353 g/mol. The second-order valence-electron chi connectivity index (χ2n) is 6.61. The van der Waals surface area contributed by atoms with Gasteiger partial charge < -0.3 is 10.4 Å². The van der Waals surface area contributed by atoms with Crippen LogP contribution < -0.4 is 5.32 Å². The lowest BCUT2D eigenvalue weighted by atomic mass is 9.96. The van der Waals surface area contributed by atoms with Crippen LogP contribution in [0.2, 0.25) is 0 Å². The Kier molecular flexibility index (Phi) is 4.87. The Morgan fingerprint density at radius 3 is 2.62 bits per heavy atom. The topological polar surface area (TPSA) is 86.8 Å². The van der Waals surface area contributed by atoms with Crippen LogP contribution in [-0.2, 0) is 0 Å². The highest BCUT2D eigenvalue weighted by molar-refractivity contribution is 5.82. The molecule has 2 heterocycles. The summed E-state index contributed by atoms with van der Waals surface area (Å²) in [6, 6.07) is 10.0. The number of halogens is 1. The molecule has 0 saturated heterocycles. The van der Waals surface area contributed by atoms with Crippen LogP contribution >= 0.6 is 0 Å². The van der Waals surface area contributed by atoms with E-state index in [1.54, 1.807) is 22.8 Å². The zero-order valence-electron chi connectivity index (χ0n) is 14.8. The highest BCUT2D eigenvalue weighted by Gasteiger charge is 2.21. The van der Waals surface area contributed by atoms with Crippen molar-refractivity contribution in [1.29, 1.82) is 5.26 Å². The molecule has 2 N–H and O–H groups in total. The van der Waals surface area contributed by atoms with Crippen molar-refractivity contribution in [2.45, 2.75) is 27.0 Å². The number of aliphatic hydroxyl groups is 1. The van der Waals surface area contributed by atoms with Gasteiger partial charge in [-0.25, -0.2) is 14.4 Å². The number of nitriles is 1. The molecule has 26 heavy (non-hydrogen) atoms. The number of aromatic nitrogens is 3. The Labute approximate surface area is 150 Å². The zero-order chi connectivity index (χ0) is 18.8. The summed E-state index contributed by atoms with van der Waals surface area (Å²) >= 11 is 0. The number of hydrogen-bond donors (Lipinski definition) is 2. The fraction of sp³-hybridized carbons (Fsp3) is 0.316. The fourth-order valence-electron chi connectivity index (χ4n) is 2.60. The first-order valence-electron chi connectivity index (χ1n) is 8.40. The van der Waals surface area contributed by atoms with Crippen molar-refractivity contribution in [3.8, 4) is 11.9 Å². The van der Waals surface area contributed by atoms with Crippen molar-refractivity contribution in [2.75, 3.05) is 5.32 Å². The summed E-state index contributed by atoms with van der Waals surface area (Å²) in [6.07, 6.45) is 0.299. The van der Waals surface area contributed by atoms with Gasteiger partial charge in [0.1, 0.15) is 17.9 Å². The van der Waals surface area contributed by atoms with E-state index in [2.05, 4.69) is 21.4 Å². The molecule has 7 heteroatoms. The minimum absolute atomic E-state index is 0.0147. The third kappa shape index (κ3) is 3.37. The number of pyridine rings is 1. The summed E-state index contributed by atoms with van der Waals surface area (Å²) in [5.74, 6) is 0.632. The standard InChI is InChI=1S/C19H20FN5O/c1-11(2)12(3)18(26)24-19-23-15-6-4-13(9-21)8-16(15)25(19)17-7-5-14(20)10-22-17/h4-8,10-12,18,26H,1-3H3,(H,23,24)/t12-,18?/m0/s1. The molecule has 6 nitrogen and oxygen atoms in total. The molecule has 0 bridgehead atoms. The lowest BCUT2D eigenvalue weighted by Gasteiger charge is -2.23. The van der Waals surface area contributed by atoms with Gasteiger partial charge in [0.2, 0.25) is 5.95 Å². The van der Waals surface area contributed by atoms with Crippen LogP contribution in [-0.4, -0.2) is 25.9 Å². The van der Waals surface area contributed by atoms with Crippen LogP contribution in [0.3, 0.4) is 0 Å². The quantitative estimate of drug-likeness (QED) is 0.686. The van der Waals surface area contributed by atoms with Gasteiger partial charge in [-0.2, -0.15) is 5.26 Å². The Morgan fingerprint density at radius 1 is 1.23 bits per heavy atom. The second kappa shape index (κ2) is 7.10. The van der Waals surface area contributed by atoms with Crippen LogP contribution in [0.1, 0.15) is 26.3 Å². The second-order valence-corrected chi connectivity index (χ2v) is 6.61. The summed E-state index contributed by atoms with van der Waals surface area (Å²) in [7, 11) is 0. The Morgan fingerprint density at radius 2 is 2.00 bits per heavy atom. The number of aliphatic hydroxyl groups excluding tert-OH is 1. The number of imidazole rings is 1. The van der Waals surface area contributed by atoms with E-state index in [0.29, 0.717) is 28.4 Å². The van der Waals surface area contributed by atoms with Crippen LogP contribution in [0.5, 0.6) is 0 Å². The average Bonchev–Trinajstić information content (AvgIpc) is 2.98. The van der Waals surface area contributed by atoms with E-state index >= 15 is 0 Å². The number of nitrogens with one attached hydrogen (secondary N) is 1. The van der Waals surface area contributed by atoms with Gasteiger partial charge in [0, 0.05) is 5.92 Å². The number of anilines is 1. The molecule has 0 spiro atoms. The van der Waals surface area contributed by atoms with E-state index in [-0.39, 0.29) is 11.8 Å². The Bertz CT molecular complexity index is 958. The molecule has 134 valence electrons. The molecular formula is C19H20FN5O. The van der Waals surface area contributed by atoms with Crippen molar-refractivity contribution in [2.24, 2.45) is 11.8 Å². The number of benzene rings is 1. The van der Waals surface area contributed by atoms with Crippen LogP contribution in [0.4, 0.5) is 10.3 Å². The third-order valence-corrected chi connectivity index (χ3v) is 4.55. The molecule has 1 aromatic carbocycles. The summed E-state index contributed by atoms with van der Waals surface area (Å²) in [5.41, 5.74) is 1.76. The van der Waals surface area contributed by atoms with Crippen molar-refractivity contribution in [3.63, 3.8) is 0 Å². The molecule has 0 radical (unpaired) electrons. The molecule has 1 unspecified atom stereocenters. The highest BCUT2D eigenvalue weighted by Crippen LogP contribution is 2.26. The normalized spacial score (nSPS) is 13.6. The van der Waals surface area contributed by atoms with Gasteiger partial charge in [0.25, 0.3) is 0 Å². The lowest BCUT2D eigenvalue weighted by Crippen LogP contribution is -2.31. The van der Waals surface area contributed by atoms with E-state index < -0.39 is 12.0 Å². The minimum Gasteiger partial charge on any atom is -0.373 e. The Balaban J connectivity index is 2.14. The van der Waals surface area contributed by atoms with Crippen LogP contribution in [0.15, 0.2) is 36.5 Å². The Hall–Kier alpha value is -2.98. The van der Waals surface area contributed by atoms with E-state index in [4.69, 9.17) is 0 Å². The first kappa shape index (κ1) is 17.8. The minimum atomic E-state index is -0.818. The van der Waals surface area contributed by atoms with Crippen molar-refractivity contribution in [3.05, 3.63) is 47.9 Å². The van der Waals surface area contributed by atoms with E-state index in [1.165, 1.54) is 12.1 Å². The predicted octanol–water partition coefficient (Wildman–Crippen LogP) is 3.45. The van der Waals surface area contributed by atoms with E-state index in [0.717, 1.165) is 6.20 Å². The summed E-state index contributed by atoms with van der Waals surface area (Å²) in [5, 5.41) is 22.7. The number of nitrogens with zero attached hydrogens (tertiary/aromatic N) is 4. The maximum atomic E-state index is 13.3. The van der Waals surface area contributed by atoms with Gasteiger partial charge in [0.05, 0.1) is 28.9 Å². The predicted molar refractivity (Wildman–Crippen MR) is 97.2 cm³/mol. The van der Waals surface area contributed by atoms with Crippen molar-refractivity contribution >= 4 is 17.0 Å². The number of rotatable bonds is 5. The van der Waals surface area contributed by atoms with Crippen molar-refractivity contribution in [1.82, 2.24) is 14.5 Å². The van der Waals surface area contributed by atoms with Gasteiger partial charge in [-0.1, -0.05) is 20.8 Å². The van der Waals surface area contributed by atoms with Gasteiger partial charge in [0.15, 0.2) is 0 Å². The molecule has 0 aliphatic rings. The first-order valence-corrected chi connectivity index (χ1v) is 8.40. The van der Waals surface area contributed by atoms with Crippen molar-refractivity contribution < 1.29 is 9.50 Å². The van der Waals surface area contributed by atoms with E-state index in [1.807, 2.05) is 20.8 Å². The molecule has 0 saturated carbocycles. The molecular weight excluding hydrogens is 333 g/mol. The van der Waals surface area contributed by atoms with Gasteiger partial charge in [-0.05, 0) is 36.2 Å². The van der Waals surface area contributed by atoms with Crippen LogP contribution in [0, 0.1) is 29.0 Å². The largest absolute Gasteiger partial charge is 0.373 e. The SMILES string of the molecule is CC(C)[C@H](C)C(O)Nc1nc2ccc(C#N)cc2n1-c1ccc(F)cn1. The monoisotopic (exact) mass is 353 g/mol. The zero-order valence-corrected chi connectivity index (χ0v) is 14.8. The maximum Gasteiger partial charge on any atom is 0.211 e. The van der Waals surface area contributed by atoms with Crippen LogP contribution in [0.25, 0.3) is 16.9 Å². The van der Waals surface area contributed by atoms with Gasteiger partial charge in [-0.15, -0.1) is 0 Å². The van der Waals surface area contributed by atoms with Gasteiger partial charge in [-0.3, -0.25) is 4.57 Å². The maximum absolute atomic E-state index is 13.3. The van der Waals surface area contributed by atoms with E-state index in [9.17, 15) is 14.8 Å². The molecule has 0 fully saturated rings. The fourth-order valence-corrected chi connectivity index (χ4v) is 2.60. The molecule has 3 rings (SSSR count). The summed E-state index contributed by atoms with van der Waals surface area (Å²) < 4.78 is 15.0. The van der Waals surface area contributed by atoms with Gasteiger partial charge >= 0.3 is 0 Å². The molecule has 3 aromatic rings. The molecule has 2 aromatic heterocycles. The molecule has 0 aliphatic heterocycles. The number of fused-ring (bicyclic) bond motifs is 1. The summed E-state index contributed by atoms with van der Waals surface area (Å²) in [4.78, 5) is 8.63. The molecule has 0 aliphatic carbocycles. The lowest BCUT2D eigenvalue weighted by molar-refractivity contribution is 0.116. The smallest absolute Gasteiger partial charge is 0.211 e. The molecule has 2 atom stereocenters.